The summed E-state index contributed by atoms with van der Waals surface area (Å²) in [5.74, 6) is 0.0987. The summed E-state index contributed by atoms with van der Waals surface area (Å²) in [6.07, 6.45) is 1.53. The van der Waals surface area contributed by atoms with Crippen LogP contribution in [-0.2, 0) is 7.05 Å². The van der Waals surface area contributed by atoms with Crippen LogP contribution >= 0.6 is 0 Å². The van der Waals surface area contributed by atoms with Gasteiger partial charge in [-0.25, -0.2) is 4.68 Å². The normalized spacial score (nSPS) is 23.6. The van der Waals surface area contributed by atoms with E-state index in [2.05, 4.69) is 20.1 Å². The molecule has 1 atom stereocenters. The first-order valence-corrected chi connectivity index (χ1v) is 5.37. The monoisotopic (exact) mass is 223 g/mol. The van der Waals surface area contributed by atoms with Gasteiger partial charge in [-0.3, -0.25) is 9.69 Å². The van der Waals surface area contributed by atoms with E-state index in [1.165, 1.54) is 10.9 Å². The lowest BCUT2D eigenvalue weighted by Gasteiger charge is -2.36. The van der Waals surface area contributed by atoms with Crippen molar-refractivity contribution in [3.05, 3.63) is 11.9 Å². The predicted molar refractivity (Wildman–Crippen MR) is 59.2 cm³/mol. The molecule has 16 heavy (non-hydrogen) atoms. The van der Waals surface area contributed by atoms with Crippen molar-refractivity contribution in [3.8, 4) is 0 Å². The molecule has 1 fully saturated rings. The second-order valence-corrected chi connectivity index (χ2v) is 4.37. The molecule has 0 bridgehead atoms. The van der Waals surface area contributed by atoms with E-state index >= 15 is 0 Å². The molecule has 6 heteroatoms. The molecule has 1 unspecified atom stereocenters. The number of aryl methyl sites for hydroxylation is 1. The number of rotatable bonds is 2. The van der Waals surface area contributed by atoms with Crippen LogP contribution in [0.2, 0.25) is 0 Å². The third-order valence-electron chi connectivity index (χ3n) is 3.12. The van der Waals surface area contributed by atoms with Gasteiger partial charge in [0.25, 0.3) is 0 Å². The van der Waals surface area contributed by atoms with Crippen LogP contribution in [0.5, 0.6) is 0 Å². The maximum atomic E-state index is 12.3. The highest BCUT2D eigenvalue weighted by Crippen LogP contribution is 2.11. The van der Waals surface area contributed by atoms with Crippen LogP contribution in [-0.4, -0.2) is 70.3 Å². The summed E-state index contributed by atoms with van der Waals surface area (Å²) in [6.45, 7) is 2.68. The SMILES string of the molecule is CN1CCN(C)C(C(=O)c2cnnn2C)C1. The molecular weight excluding hydrogens is 206 g/mol. The Balaban J connectivity index is 2.18. The molecule has 0 aliphatic carbocycles. The standard InChI is InChI=1S/C10H17N5O/c1-13-4-5-14(2)9(7-13)10(16)8-6-11-12-15(8)3/h6,9H,4-5,7H2,1-3H3. The zero-order chi connectivity index (χ0) is 11.7. The number of likely N-dealkylation sites (N-methyl/N-ethyl adjacent to an activating group) is 2. The van der Waals surface area contributed by atoms with Gasteiger partial charge < -0.3 is 4.90 Å². The Labute approximate surface area is 94.8 Å². The lowest BCUT2D eigenvalue weighted by atomic mass is 10.1. The summed E-state index contributed by atoms with van der Waals surface area (Å²) < 4.78 is 1.53. The minimum absolute atomic E-state index is 0.0871. The summed E-state index contributed by atoms with van der Waals surface area (Å²) in [5.41, 5.74) is 0.576. The summed E-state index contributed by atoms with van der Waals surface area (Å²) >= 11 is 0. The van der Waals surface area contributed by atoms with Crippen LogP contribution in [0, 0.1) is 0 Å². The van der Waals surface area contributed by atoms with Gasteiger partial charge in [0.2, 0.25) is 5.78 Å². The molecule has 2 rings (SSSR count). The molecule has 0 saturated carbocycles. The molecule has 1 aliphatic rings. The van der Waals surface area contributed by atoms with E-state index in [1.807, 2.05) is 14.1 Å². The van der Waals surface area contributed by atoms with Crippen molar-refractivity contribution in [2.75, 3.05) is 33.7 Å². The minimum atomic E-state index is -0.0871. The largest absolute Gasteiger partial charge is 0.303 e. The Kier molecular flexibility index (Phi) is 3.02. The lowest BCUT2D eigenvalue weighted by Crippen LogP contribution is -2.53. The zero-order valence-corrected chi connectivity index (χ0v) is 9.92. The van der Waals surface area contributed by atoms with Gasteiger partial charge in [0.1, 0.15) is 5.69 Å². The van der Waals surface area contributed by atoms with E-state index < -0.39 is 0 Å². The van der Waals surface area contributed by atoms with Gasteiger partial charge >= 0.3 is 0 Å². The molecular formula is C10H17N5O. The van der Waals surface area contributed by atoms with E-state index in [4.69, 9.17) is 0 Å². The van der Waals surface area contributed by atoms with Crippen molar-refractivity contribution >= 4 is 5.78 Å². The molecule has 0 amide bonds. The fourth-order valence-electron chi connectivity index (χ4n) is 1.98. The van der Waals surface area contributed by atoms with Crippen LogP contribution in [0.3, 0.4) is 0 Å². The van der Waals surface area contributed by atoms with Gasteiger partial charge in [0, 0.05) is 26.7 Å². The highest BCUT2D eigenvalue weighted by molar-refractivity contribution is 5.98. The molecule has 1 aromatic rings. The van der Waals surface area contributed by atoms with Crippen molar-refractivity contribution in [3.63, 3.8) is 0 Å². The molecule has 88 valence electrons. The average Bonchev–Trinajstić information content (AvgIpc) is 2.67. The van der Waals surface area contributed by atoms with Gasteiger partial charge in [-0.05, 0) is 14.1 Å². The quantitative estimate of drug-likeness (QED) is 0.617. The van der Waals surface area contributed by atoms with E-state index in [9.17, 15) is 4.79 Å². The topological polar surface area (TPSA) is 54.3 Å². The second-order valence-electron chi connectivity index (χ2n) is 4.37. The van der Waals surface area contributed by atoms with Crippen LogP contribution in [0.15, 0.2) is 6.20 Å². The van der Waals surface area contributed by atoms with Gasteiger partial charge in [-0.2, -0.15) is 0 Å². The summed E-state index contributed by atoms with van der Waals surface area (Å²) in [7, 11) is 5.76. The van der Waals surface area contributed by atoms with E-state index in [-0.39, 0.29) is 11.8 Å². The predicted octanol–water partition coefficient (Wildman–Crippen LogP) is -0.756. The van der Waals surface area contributed by atoms with Crippen LogP contribution in [0.25, 0.3) is 0 Å². The third kappa shape index (κ3) is 1.98. The van der Waals surface area contributed by atoms with Crippen molar-refractivity contribution < 1.29 is 4.79 Å². The van der Waals surface area contributed by atoms with E-state index in [0.717, 1.165) is 19.6 Å². The highest BCUT2D eigenvalue weighted by atomic mass is 16.1. The molecule has 0 spiro atoms. The highest BCUT2D eigenvalue weighted by Gasteiger charge is 2.30. The number of carbonyl (C=O) groups excluding carboxylic acids is 1. The number of carbonyl (C=O) groups is 1. The molecule has 2 heterocycles. The molecule has 0 radical (unpaired) electrons. The summed E-state index contributed by atoms with van der Waals surface area (Å²) in [5, 5.41) is 7.53. The number of piperazine rings is 1. The number of Topliss-reactive ketones (excluding diaryl/α,β-unsaturated/α-hetero) is 1. The Bertz CT molecular complexity index is 388. The Morgan fingerprint density at radius 2 is 2.12 bits per heavy atom. The van der Waals surface area contributed by atoms with Crippen molar-refractivity contribution in [1.29, 1.82) is 0 Å². The van der Waals surface area contributed by atoms with Gasteiger partial charge in [0.05, 0.1) is 12.2 Å². The van der Waals surface area contributed by atoms with Crippen molar-refractivity contribution in [2.24, 2.45) is 7.05 Å². The zero-order valence-electron chi connectivity index (χ0n) is 9.92. The summed E-state index contributed by atoms with van der Waals surface area (Å²) in [6, 6.07) is -0.0871. The molecule has 1 saturated heterocycles. The van der Waals surface area contributed by atoms with Crippen molar-refractivity contribution in [1.82, 2.24) is 24.8 Å². The first-order valence-electron chi connectivity index (χ1n) is 5.37. The number of nitrogens with zero attached hydrogens (tertiary/aromatic N) is 5. The molecule has 1 aromatic heterocycles. The van der Waals surface area contributed by atoms with Crippen molar-refractivity contribution in [2.45, 2.75) is 6.04 Å². The van der Waals surface area contributed by atoms with Gasteiger partial charge in [-0.15, -0.1) is 5.10 Å². The smallest absolute Gasteiger partial charge is 0.200 e. The Morgan fingerprint density at radius 1 is 1.38 bits per heavy atom. The maximum Gasteiger partial charge on any atom is 0.200 e. The lowest BCUT2D eigenvalue weighted by molar-refractivity contribution is 0.0677. The van der Waals surface area contributed by atoms with Gasteiger partial charge in [-0.1, -0.05) is 5.21 Å². The van der Waals surface area contributed by atoms with E-state index in [0.29, 0.717) is 5.69 Å². The minimum Gasteiger partial charge on any atom is -0.303 e. The van der Waals surface area contributed by atoms with Crippen LogP contribution in [0.4, 0.5) is 0 Å². The molecule has 6 nitrogen and oxygen atoms in total. The molecule has 0 N–H and O–H groups in total. The fraction of sp³-hybridized carbons (Fsp3) is 0.700. The van der Waals surface area contributed by atoms with E-state index in [1.54, 1.807) is 7.05 Å². The second kappa shape index (κ2) is 4.31. The number of ketones is 1. The average molecular weight is 223 g/mol. The molecule has 1 aliphatic heterocycles. The number of hydrogen-bond donors (Lipinski definition) is 0. The van der Waals surface area contributed by atoms with Crippen LogP contribution < -0.4 is 0 Å². The number of hydrogen-bond acceptors (Lipinski definition) is 5. The number of aromatic nitrogens is 3. The third-order valence-corrected chi connectivity index (χ3v) is 3.12. The summed E-state index contributed by atoms with van der Waals surface area (Å²) in [4.78, 5) is 16.5. The first kappa shape index (κ1) is 11.2. The van der Waals surface area contributed by atoms with Crippen LogP contribution in [0.1, 0.15) is 10.5 Å². The Hall–Kier alpha value is -1.27. The van der Waals surface area contributed by atoms with Gasteiger partial charge in [0.15, 0.2) is 0 Å². The fourth-order valence-corrected chi connectivity index (χ4v) is 1.98. The Morgan fingerprint density at radius 3 is 2.75 bits per heavy atom. The maximum absolute atomic E-state index is 12.3. The first-order chi connectivity index (χ1) is 7.59. The molecule has 0 aromatic carbocycles.